The van der Waals surface area contributed by atoms with Gasteiger partial charge in [-0.05, 0) is 24.9 Å². The third-order valence-electron chi connectivity index (χ3n) is 3.91. The van der Waals surface area contributed by atoms with Crippen molar-refractivity contribution in [3.8, 4) is 0 Å². The largest absolute Gasteiger partial charge is 0.0800 e. The topological polar surface area (TPSA) is 0 Å². The molecule has 0 saturated carbocycles. The number of allylic oxidation sites excluding steroid dienone is 8. The SMILES string of the molecule is CC1=CC=CC1[Si](C)(C)C1C=CC=C1C. The highest BCUT2D eigenvalue weighted by molar-refractivity contribution is 6.82. The molecule has 0 aliphatic heterocycles. The van der Waals surface area contributed by atoms with Gasteiger partial charge in [0.25, 0.3) is 0 Å². The third-order valence-corrected chi connectivity index (χ3v) is 8.41. The maximum absolute atomic E-state index is 2.52. The molecule has 80 valence electrons. The van der Waals surface area contributed by atoms with Crippen molar-refractivity contribution in [3.63, 3.8) is 0 Å². The molecule has 0 N–H and O–H groups in total. The molecule has 2 unspecified atom stereocenters. The predicted molar refractivity (Wildman–Crippen MR) is 70.8 cm³/mol. The summed E-state index contributed by atoms with van der Waals surface area (Å²) in [6, 6.07) is 0. The molecule has 0 nitrogen and oxygen atoms in total. The summed E-state index contributed by atoms with van der Waals surface area (Å²) < 4.78 is 0. The quantitative estimate of drug-likeness (QED) is 0.598. The van der Waals surface area contributed by atoms with Gasteiger partial charge in [0.15, 0.2) is 0 Å². The zero-order chi connectivity index (χ0) is 11.1. The van der Waals surface area contributed by atoms with E-state index >= 15 is 0 Å². The normalized spacial score (nSPS) is 29.6. The molecule has 0 heterocycles. The van der Waals surface area contributed by atoms with Crippen LogP contribution in [0.1, 0.15) is 13.8 Å². The van der Waals surface area contributed by atoms with Gasteiger partial charge in [-0.3, -0.25) is 0 Å². The molecule has 2 rings (SSSR count). The average molecular weight is 216 g/mol. The van der Waals surface area contributed by atoms with E-state index in [-0.39, 0.29) is 0 Å². The molecule has 0 aromatic rings. The van der Waals surface area contributed by atoms with Gasteiger partial charge in [-0.15, -0.1) is 0 Å². The second-order valence-corrected chi connectivity index (χ2v) is 10.3. The van der Waals surface area contributed by atoms with E-state index in [0.29, 0.717) is 0 Å². The molecule has 1 heteroatoms. The molecule has 0 bridgehead atoms. The van der Waals surface area contributed by atoms with Gasteiger partial charge in [-0.2, -0.15) is 0 Å². The van der Waals surface area contributed by atoms with E-state index in [9.17, 15) is 0 Å². The Hall–Kier alpha value is -0.823. The van der Waals surface area contributed by atoms with Crippen LogP contribution in [-0.4, -0.2) is 8.07 Å². The van der Waals surface area contributed by atoms with Crippen molar-refractivity contribution < 1.29 is 0 Å². The smallest absolute Gasteiger partial charge is 0.0706 e. The van der Waals surface area contributed by atoms with Crippen LogP contribution in [0.3, 0.4) is 0 Å². The number of hydrogen-bond acceptors (Lipinski definition) is 0. The fourth-order valence-electron chi connectivity index (χ4n) is 3.01. The van der Waals surface area contributed by atoms with E-state index in [4.69, 9.17) is 0 Å². The highest BCUT2D eigenvalue weighted by Gasteiger charge is 2.39. The third kappa shape index (κ3) is 1.69. The molecule has 0 radical (unpaired) electrons. The van der Waals surface area contributed by atoms with Gasteiger partial charge >= 0.3 is 0 Å². The van der Waals surface area contributed by atoms with Crippen LogP contribution < -0.4 is 0 Å². The molecular weight excluding hydrogens is 196 g/mol. The first-order chi connectivity index (χ1) is 7.03. The minimum absolute atomic E-state index is 0.730. The van der Waals surface area contributed by atoms with Crippen molar-refractivity contribution >= 4 is 8.07 Å². The van der Waals surface area contributed by atoms with Crippen LogP contribution >= 0.6 is 0 Å². The zero-order valence-electron chi connectivity index (χ0n) is 10.1. The van der Waals surface area contributed by atoms with Crippen LogP contribution in [-0.2, 0) is 0 Å². The summed E-state index contributed by atoms with van der Waals surface area (Å²) in [7, 11) is -1.27. The molecule has 0 aromatic carbocycles. The summed E-state index contributed by atoms with van der Waals surface area (Å²) in [4.78, 5) is 0. The maximum Gasteiger partial charge on any atom is 0.0706 e. The molecule has 0 saturated heterocycles. The lowest BCUT2D eigenvalue weighted by molar-refractivity contribution is 1.06. The standard InChI is InChI=1S/C14H20Si/c1-11-7-5-9-13(11)15(3,4)14-10-6-8-12(14)2/h5-10,13-14H,1-4H3. The molecule has 15 heavy (non-hydrogen) atoms. The van der Waals surface area contributed by atoms with E-state index in [1.165, 1.54) is 0 Å². The molecule has 2 aliphatic carbocycles. The van der Waals surface area contributed by atoms with E-state index in [2.05, 4.69) is 63.4 Å². The molecule has 0 aromatic heterocycles. The van der Waals surface area contributed by atoms with E-state index in [1.807, 2.05) is 0 Å². The van der Waals surface area contributed by atoms with Gasteiger partial charge < -0.3 is 0 Å². The van der Waals surface area contributed by atoms with Crippen molar-refractivity contribution in [2.24, 2.45) is 0 Å². The van der Waals surface area contributed by atoms with Crippen molar-refractivity contribution in [1.29, 1.82) is 0 Å². The maximum atomic E-state index is 2.52. The summed E-state index contributed by atoms with van der Waals surface area (Å²) >= 11 is 0. The Labute approximate surface area is 94.1 Å². The number of hydrogen-bond donors (Lipinski definition) is 0. The van der Waals surface area contributed by atoms with Gasteiger partial charge in [-0.1, -0.05) is 60.7 Å². The lowest BCUT2D eigenvalue weighted by Crippen LogP contribution is -2.36. The van der Waals surface area contributed by atoms with Gasteiger partial charge in [-0.25, -0.2) is 0 Å². The van der Waals surface area contributed by atoms with Crippen molar-refractivity contribution in [2.75, 3.05) is 0 Å². The van der Waals surface area contributed by atoms with Gasteiger partial charge in [0, 0.05) is 0 Å². The van der Waals surface area contributed by atoms with Crippen LogP contribution in [0.15, 0.2) is 47.6 Å². The van der Waals surface area contributed by atoms with Crippen LogP contribution in [0.5, 0.6) is 0 Å². The second kappa shape index (κ2) is 3.64. The van der Waals surface area contributed by atoms with E-state index in [1.54, 1.807) is 11.1 Å². The Bertz CT molecular complexity index is 344. The van der Waals surface area contributed by atoms with Crippen LogP contribution in [0.4, 0.5) is 0 Å². The highest BCUT2D eigenvalue weighted by Crippen LogP contribution is 2.46. The molecule has 2 atom stereocenters. The Morgan fingerprint density at radius 2 is 1.27 bits per heavy atom. The zero-order valence-corrected chi connectivity index (χ0v) is 11.1. The molecule has 0 spiro atoms. The Morgan fingerprint density at radius 3 is 1.53 bits per heavy atom. The monoisotopic (exact) mass is 216 g/mol. The first-order valence-corrected chi connectivity index (χ1v) is 8.89. The van der Waals surface area contributed by atoms with Crippen LogP contribution in [0, 0.1) is 0 Å². The van der Waals surface area contributed by atoms with Crippen LogP contribution in [0.25, 0.3) is 0 Å². The fraction of sp³-hybridized carbons (Fsp3) is 0.429. The molecule has 0 amide bonds. The summed E-state index contributed by atoms with van der Waals surface area (Å²) in [6.07, 6.45) is 13.8. The minimum atomic E-state index is -1.27. The van der Waals surface area contributed by atoms with E-state index < -0.39 is 8.07 Å². The Morgan fingerprint density at radius 1 is 0.867 bits per heavy atom. The molecule has 2 aliphatic rings. The second-order valence-electron chi connectivity index (χ2n) is 5.37. The summed E-state index contributed by atoms with van der Waals surface area (Å²) in [5, 5.41) is 0. The van der Waals surface area contributed by atoms with Crippen molar-refractivity contribution in [2.45, 2.75) is 38.0 Å². The first kappa shape index (κ1) is 10.7. The summed E-state index contributed by atoms with van der Waals surface area (Å²) in [6.45, 7) is 9.58. The highest BCUT2D eigenvalue weighted by atomic mass is 28.3. The molecule has 0 fully saturated rings. The first-order valence-electron chi connectivity index (χ1n) is 5.73. The van der Waals surface area contributed by atoms with E-state index in [0.717, 1.165) is 11.1 Å². The predicted octanol–water partition coefficient (Wildman–Crippen LogP) is 4.47. The Kier molecular flexibility index (Phi) is 2.59. The van der Waals surface area contributed by atoms with Crippen LogP contribution in [0.2, 0.25) is 24.2 Å². The average Bonchev–Trinajstić information content (AvgIpc) is 2.73. The van der Waals surface area contributed by atoms with Crippen molar-refractivity contribution in [1.82, 2.24) is 0 Å². The lowest BCUT2D eigenvalue weighted by atomic mass is 10.2. The Balaban J connectivity index is 2.27. The fourth-order valence-corrected chi connectivity index (χ4v) is 7.15. The summed E-state index contributed by atoms with van der Waals surface area (Å²) in [5.41, 5.74) is 4.57. The van der Waals surface area contributed by atoms with Gasteiger partial charge in [0.05, 0.1) is 8.07 Å². The van der Waals surface area contributed by atoms with Gasteiger partial charge in [0.2, 0.25) is 0 Å². The molecular formula is C14H20Si. The lowest BCUT2D eigenvalue weighted by Gasteiger charge is -2.35. The minimum Gasteiger partial charge on any atom is -0.0800 e. The summed E-state index contributed by atoms with van der Waals surface area (Å²) in [5.74, 6) is 0. The van der Waals surface area contributed by atoms with Gasteiger partial charge in [0.1, 0.15) is 0 Å². The van der Waals surface area contributed by atoms with Crippen molar-refractivity contribution in [3.05, 3.63) is 47.6 Å². The number of rotatable bonds is 2.